The molecule has 2 heterocycles. The van der Waals surface area contributed by atoms with Crippen LogP contribution in [-0.4, -0.2) is 36.9 Å². The molecule has 1 aromatic carbocycles. The van der Waals surface area contributed by atoms with Crippen LogP contribution in [0.3, 0.4) is 0 Å². The van der Waals surface area contributed by atoms with Crippen LogP contribution in [-0.2, 0) is 4.74 Å². The van der Waals surface area contributed by atoms with Crippen LogP contribution in [0, 0.1) is 5.92 Å². The van der Waals surface area contributed by atoms with E-state index in [1.165, 1.54) is 5.70 Å². The molecule has 1 aromatic rings. The standard InChI is InChI=1S/C31H37FN2OS/c1-5-29-31(3,18-19-35-29)36-20-17-28-22(2)9-10-26(21-32)30(34-28)25-13-11-24(12-14-25)23-7-6-8-27(33-4)16-15-23/h6-7,9-17,20,22,29,33H,5,8,18-19,21H2,1-4H3/b20-17+/t22?,29-,31-/m1/s1. The number of allylic oxidation sites excluding steroid dienone is 9. The fourth-order valence-corrected chi connectivity index (χ4v) is 5.90. The van der Waals surface area contributed by atoms with Crippen molar-refractivity contribution in [2.45, 2.75) is 50.9 Å². The number of alkyl halides is 1. The van der Waals surface area contributed by atoms with Crippen LogP contribution in [0.4, 0.5) is 4.39 Å². The first kappa shape index (κ1) is 26.4. The van der Waals surface area contributed by atoms with Crippen molar-refractivity contribution in [3.8, 4) is 0 Å². The van der Waals surface area contributed by atoms with Gasteiger partial charge in [0, 0.05) is 53.3 Å². The van der Waals surface area contributed by atoms with Gasteiger partial charge < -0.3 is 10.1 Å². The molecular weight excluding hydrogens is 467 g/mol. The predicted molar refractivity (Wildman–Crippen MR) is 154 cm³/mol. The summed E-state index contributed by atoms with van der Waals surface area (Å²) >= 11 is 1.82. The van der Waals surface area contributed by atoms with Crippen LogP contribution in [0.15, 0.2) is 88.5 Å². The van der Waals surface area contributed by atoms with E-state index in [-0.39, 0.29) is 16.8 Å². The van der Waals surface area contributed by atoms with Gasteiger partial charge in [-0.15, -0.1) is 11.8 Å². The normalized spacial score (nSPS) is 26.5. The number of thioether (sulfide) groups is 1. The molecule has 4 rings (SSSR count). The molecule has 1 N–H and O–H groups in total. The molecule has 0 aromatic heterocycles. The lowest BCUT2D eigenvalue weighted by Gasteiger charge is -2.27. The van der Waals surface area contributed by atoms with Gasteiger partial charge in [0.05, 0.1) is 11.8 Å². The summed E-state index contributed by atoms with van der Waals surface area (Å²) in [5.74, 6) is 0.101. The van der Waals surface area contributed by atoms with Gasteiger partial charge in [0.15, 0.2) is 0 Å². The Kier molecular flexibility index (Phi) is 8.86. The molecule has 36 heavy (non-hydrogen) atoms. The molecule has 0 bridgehead atoms. The van der Waals surface area contributed by atoms with E-state index in [1.54, 1.807) is 0 Å². The number of rotatable bonds is 8. The van der Waals surface area contributed by atoms with E-state index in [0.717, 1.165) is 48.3 Å². The molecule has 1 unspecified atom stereocenters. The van der Waals surface area contributed by atoms with Crippen molar-refractivity contribution < 1.29 is 9.13 Å². The molecule has 3 nitrogen and oxygen atoms in total. The van der Waals surface area contributed by atoms with Gasteiger partial charge >= 0.3 is 0 Å². The molecule has 0 spiro atoms. The van der Waals surface area contributed by atoms with E-state index in [1.807, 2.05) is 31.0 Å². The van der Waals surface area contributed by atoms with Gasteiger partial charge in [0.1, 0.15) is 6.67 Å². The second-order valence-corrected chi connectivity index (χ2v) is 11.1. The van der Waals surface area contributed by atoms with Crippen molar-refractivity contribution in [2.75, 3.05) is 20.3 Å². The highest BCUT2D eigenvalue weighted by atomic mass is 32.2. The van der Waals surface area contributed by atoms with Crippen molar-refractivity contribution in [3.05, 3.63) is 94.6 Å². The number of aliphatic imine (C=N–C) groups is 1. The summed E-state index contributed by atoms with van der Waals surface area (Å²) in [5.41, 5.74) is 6.65. The van der Waals surface area contributed by atoms with E-state index < -0.39 is 6.67 Å². The first-order chi connectivity index (χ1) is 17.5. The van der Waals surface area contributed by atoms with Gasteiger partial charge in [-0.1, -0.05) is 68.5 Å². The zero-order valence-corrected chi connectivity index (χ0v) is 22.6. The fraction of sp³-hybridized carbons (Fsp3) is 0.387. The highest BCUT2D eigenvalue weighted by Gasteiger charge is 2.38. The minimum absolute atomic E-state index is 0.0818. The highest BCUT2D eigenvalue weighted by molar-refractivity contribution is 8.03. The number of halogens is 1. The summed E-state index contributed by atoms with van der Waals surface area (Å²) in [4.78, 5) is 5.00. The Balaban J connectivity index is 1.59. The third kappa shape index (κ3) is 6.01. The predicted octanol–water partition coefficient (Wildman–Crippen LogP) is 7.67. The van der Waals surface area contributed by atoms with Crippen molar-refractivity contribution in [2.24, 2.45) is 10.9 Å². The largest absolute Gasteiger partial charge is 0.391 e. The summed E-state index contributed by atoms with van der Waals surface area (Å²) in [6.45, 7) is 6.84. The Morgan fingerprint density at radius 2 is 1.97 bits per heavy atom. The maximum atomic E-state index is 14.1. The smallest absolute Gasteiger partial charge is 0.117 e. The van der Waals surface area contributed by atoms with Gasteiger partial charge in [0.25, 0.3) is 0 Å². The molecule has 2 aliphatic heterocycles. The molecule has 3 aliphatic rings. The second-order valence-electron chi connectivity index (χ2n) is 9.69. The summed E-state index contributed by atoms with van der Waals surface area (Å²) in [6.07, 6.45) is 17.8. The van der Waals surface area contributed by atoms with Gasteiger partial charge in [-0.25, -0.2) is 4.39 Å². The van der Waals surface area contributed by atoms with E-state index >= 15 is 0 Å². The summed E-state index contributed by atoms with van der Waals surface area (Å²) < 4.78 is 20.1. The second kappa shape index (κ2) is 12.1. The number of ether oxygens (including phenoxy) is 1. The molecule has 1 fully saturated rings. The third-order valence-electron chi connectivity index (χ3n) is 7.20. The molecule has 1 aliphatic carbocycles. The van der Waals surface area contributed by atoms with E-state index in [9.17, 15) is 4.39 Å². The van der Waals surface area contributed by atoms with E-state index in [2.05, 4.69) is 86.1 Å². The third-order valence-corrected chi connectivity index (χ3v) is 8.48. The first-order valence-corrected chi connectivity index (χ1v) is 13.7. The quantitative estimate of drug-likeness (QED) is 0.394. The van der Waals surface area contributed by atoms with Gasteiger partial charge in [-0.3, -0.25) is 4.99 Å². The highest BCUT2D eigenvalue weighted by Crippen LogP contribution is 2.41. The molecule has 0 radical (unpaired) electrons. The van der Waals surface area contributed by atoms with Crippen LogP contribution < -0.4 is 5.32 Å². The fourth-order valence-electron chi connectivity index (χ4n) is 4.80. The number of benzene rings is 1. The minimum atomic E-state index is -0.547. The van der Waals surface area contributed by atoms with E-state index in [0.29, 0.717) is 11.3 Å². The lowest BCUT2D eigenvalue weighted by atomic mass is 10.0. The Labute approximate surface area is 219 Å². The topological polar surface area (TPSA) is 33.6 Å². The lowest BCUT2D eigenvalue weighted by molar-refractivity contribution is 0.0980. The van der Waals surface area contributed by atoms with Gasteiger partial charge in [-0.05, 0) is 48.5 Å². The van der Waals surface area contributed by atoms with Crippen molar-refractivity contribution >= 4 is 28.7 Å². The van der Waals surface area contributed by atoms with Crippen LogP contribution in [0.5, 0.6) is 0 Å². The Morgan fingerprint density at radius 1 is 1.19 bits per heavy atom. The number of hydrogen-bond acceptors (Lipinski definition) is 4. The van der Waals surface area contributed by atoms with Crippen molar-refractivity contribution in [1.29, 1.82) is 0 Å². The molecule has 3 atom stereocenters. The molecule has 0 amide bonds. The number of nitrogens with zero attached hydrogens (tertiary/aromatic N) is 1. The summed E-state index contributed by atoms with van der Waals surface area (Å²) in [5, 5.41) is 5.37. The average Bonchev–Trinajstić information content (AvgIpc) is 3.04. The molecule has 5 heteroatoms. The number of hydrogen-bond donors (Lipinski definition) is 1. The SMILES string of the molecule is CC[C@H]1OCC[C@@]1(C)S/C=C/C1=NC(c2ccc(C3=CC=C(NC)CC=C3)cc2)=C(CF)C=CC1C. The molecule has 0 saturated carbocycles. The van der Waals surface area contributed by atoms with E-state index in [4.69, 9.17) is 9.73 Å². The lowest BCUT2D eigenvalue weighted by Crippen LogP contribution is -2.30. The Hall–Kier alpha value is -2.63. The average molecular weight is 505 g/mol. The number of nitrogens with one attached hydrogen (secondary N) is 1. The molecule has 190 valence electrons. The monoisotopic (exact) mass is 504 g/mol. The maximum Gasteiger partial charge on any atom is 0.117 e. The first-order valence-electron chi connectivity index (χ1n) is 12.8. The van der Waals surface area contributed by atoms with Crippen molar-refractivity contribution in [3.63, 3.8) is 0 Å². The van der Waals surface area contributed by atoms with Crippen molar-refractivity contribution in [1.82, 2.24) is 5.32 Å². The van der Waals surface area contributed by atoms with Crippen LogP contribution >= 0.6 is 11.8 Å². The Bertz CT molecular complexity index is 1160. The van der Waals surface area contributed by atoms with Crippen LogP contribution in [0.2, 0.25) is 0 Å². The summed E-state index contributed by atoms with van der Waals surface area (Å²) in [7, 11) is 1.94. The molecule has 1 saturated heterocycles. The van der Waals surface area contributed by atoms with Gasteiger partial charge in [-0.2, -0.15) is 0 Å². The van der Waals surface area contributed by atoms with Crippen LogP contribution in [0.1, 0.15) is 51.2 Å². The zero-order chi connectivity index (χ0) is 25.5. The zero-order valence-electron chi connectivity index (χ0n) is 21.8. The van der Waals surface area contributed by atoms with Gasteiger partial charge in [0.2, 0.25) is 0 Å². The maximum absolute atomic E-state index is 14.1. The molecular formula is C31H37FN2OS. The van der Waals surface area contributed by atoms with Crippen LogP contribution in [0.25, 0.3) is 11.3 Å². The summed E-state index contributed by atoms with van der Waals surface area (Å²) in [6, 6.07) is 8.29. The minimum Gasteiger partial charge on any atom is -0.391 e. The Morgan fingerprint density at radius 3 is 2.69 bits per heavy atom.